The zero-order valence-electron chi connectivity index (χ0n) is 10.1. The molecule has 3 rings (SSSR count). The first-order chi connectivity index (χ1) is 8.36. The third-order valence-corrected chi connectivity index (χ3v) is 4.01. The van der Waals surface area contributed by atoms with Crippen LogP contribution in [0.2, 0.25) is 0 Å². The molecule has 1 aromatic heterocycles. The van der Waals surface area contributed by atoms with E-state index in [0.717, 1.165) is 17.7 Å². The highest BCUT2D eigenvalue weighted by atomic mass is 16.2. The minimum atomic E-state index is 0.194. The summed E-state index contributed by atoms with van der Waals surface area (Å²) in [5.41, 5.74) is 1.96. The van der Waals surface area contributed by atoms with Crippen LogP contribution in [0.1, 0.15) is 54.4 Å². The summed E-state index contributed by atoms with van der Waals surface area (Å²) in [4.78, 5) is 18.4. The first kappa shape index (κ1) is 10.8. The monoisotopic (exact) mass is 230 g/mol. The van der Waals surface area contributed by atoms with Crippen molar-refractivity contribution in [3.63, 3.8) is 0 Å². The molecule has 1 fully saturated rings. The summed E-state index contributed by atoms with van der Waals surface area (Å²) in [5.74, 6) is 0.194. The Morgan fingerprint density at radius 2 is 1.94 bits per heavy atom. The van der Waals surface area contributed by atoms with E-state index in [1.165, 1.54) is 38.5 Å². The molecule has 0 bridgehead atoms. The van der Waals surface area contributed by atoms with Crippen molar-refractivity contribution < 1.29 is 4.79 Å². The number of amides is 1. The highest BCUT2D eigenvalue weighted by Crippen LogP contribution is 2.29. The normalized spacial score (nSPS) is 21.4. The number of fused-ring (bicyclic) bond motifs is 1. The summed E-state index contributed by atoms with van der Waals surface area (Å²) in [6.07, 6.45) is 11.0. The molecular weight excluding hydrogens is 212 g/mol. The van der Waals surface area contributed by atoms with E-state index in [-0.39, 0.29) is 5.91 Å². The SMILES string of the molecule is O=C1c2cnccc2CN1C1CCCCCC1. The van der Waals surface area contributed by atoms with Crippen LogP contribution in [0, 0.1) is 0 Å². The Morgan fingerprint density at radius 3 is 2.65 bits per heavy atom. The number of rotatable bonds is 1. The third-order valence-electron chi connectivity index (χ3n) is 4.01. The van der Waals surface area contributed by atoms with E-state index in [2.05, 4.69) is 9.88 Å². The molecule has 0 aromatic carbocycles. The van der Waals surface area contributed by atoms with E-state index in [0.29, 0.717) is 6.04 Å². The molecule has 0 spiro atoms. The van der Waals surface area contributed by atoms with Crippen LogP contribution < -0.4 is 0 Å². The summed E-state index contributed by atoms with van der Waals surface area (Å²) >= 11 is 0. The maximum absolute atomic E-state index is 12.3. The molecule has 0 radical (unpaired) electrons. The van der Waals surface area contributed by atoms with Gasteiger partial charge in [0.1, 0.15) is 0 Å². The number of nitrogens with zero attached hydrogens (tertiary/aromatic N) is 2. The molecule has 1 aromatic rings. The van der Waals surface area contributed by atoms with Crippen LogP contribution in [0.15, 0.2) is 18.5 Å². The Balaban J connectivity index is 1.80. The number of hydrogen-bond donors (Lipinski definition) is 0. The molecular formula is C14H18N2O. The Hall–Kier alpha value is -1.38. The van der Waals surface area contributed by atoms with Crippen molar-refractivity contribution in [3.05, 3.63) is 29.6 Å². The van der Waals surface area contributed by atoms with Crippen molar-refractivity contribution in [3.8, 4) is 0 Å². The number of carbonyl (C=O) groups is 1. The topological polar surface area (TPSA) is 33.2 Å². The highest BCUT2D eigenvalue weighted by Gasteiger charge is 2.32. The molecule has 1 aliphatic carbocycles. The standard InChI is InChI=1S/C14H18N2O/c17-14-13-9-15-8-7-11(13)10-16(14)12-5-3-1-2-4-6-12/h7-9,12H,1-6,10H2. The molecule has 17 heavy (non-hydrogen) atoms. The molecule has 1 saturated carbocycles. The van der Waals surface area contributed by atoms with E-state index < -0.39 is 0 Å². The second-order valence-corrected chi connectivity index (χ2v) is 5.11. The molecule has 2 aliphatic rings. The van der Waals surface area contributed by atoms with Gasteiger partial charge in [0, 0.05) is 25.0 Å². The lowest BCUT2D eigenvalue weighted by Gasteiger charge is -2.26. The fourth-order valence-electron chi connectivity index (χ4n) is 3.03. The van der Waals surface area contributed by atoms with Gasteiger partial charge in [-0.3, -0.25) is 9.78 Å². The van der Waals surface area contributed by atoms with Gasteiger partial charge in [-0.15, -0.1) is 0 Å². The fraction of sp³-hybridized carbons (Fsp3) is 0.571. The van der Waals surface area contributed by atoms with E-state index >= 15 is 0 Å². The lowest BCUT2D eigenvalue weighted by Crippen LogP contribution is -2.35. The summed E-state index contributed by atoms with van der Waals surface area (Å²) in [6, 6.07) is 2.43. The fourth-order valence-corrected chi connectivity index (χ4v) is 3.03. The summed E-state index contributed by atoms with van der Waals surface area (Å²) < 4.78 is 0. The molecule has 0 N–H and O–H groups in total. The van der Waals surface area contributed by atoms with E-state index in [9.17, 15) is 4.79 Å². The molecule has 1 aliphatic heterocycles. The summed E-state index contributed by atoms with van der Waals surface area (Å²) in [5, 5.41) is 0. The van der Waals surface area contributed by atoms with Gasteiger partial charge in [0.15, 0.2) is 0 Å². The Morgan fingerprint density at radius 1 is 1.18 bits per heavy atom. The van der Waals surface area contributed by atoms with Gasteiger partial charge >= 0.3 is 0 Å². The molecule has 0 atom stereocenters. The maximum Gasteiger partial charge on any atom is 0.256 e. The largest absolute Gasteiger partial charge is 0.331 e. The number of aromatic nitrogens is 1. The Kier molecular flexibility index (Phi) is 2.83. The van der Waals surface area contributed by atoms with Crippen molar-refractivity contribution in [1.82, 2.24) is 9.88 Å². The predicted molar refractivity (Wildman–Crippen MR) is 65.6 cm³/mol. The summed E-state index contributed by atoms with van der Waals surface area (Å²) in [7, 11) is 0. The Labute approximate surface area is 102 Å². The second-order valence-electron chi connectivity index (χ2n) is 5.11. The zero-order valence-corrected chi connectivity index (χ0v) is 10.1. The van der Waals surface area contributed by atoms with Crippen molar-refractivity contribution in [2.24, 2.45) is 0 Å². The predicted octanol–water partition coefficient (Wildman–Crippen LogP) is 2.76. The van der Waals surface area contributed by atoms with Crippen LogP contribution in [-0.2, 0) is 6.54 Å². The van der Waals surface area contributed by atoms with Gasteiger partial charge < -0.3 is 4.90 Å². The Bertz CT molecular complexity index is 422. The van der Waals surface area contributed by atoms with Crippen molar-refractivity contribution in [2.45, 2.75) is 51.1 Å². The maximum atomic E-state index is 12.3. The van der Waals surface area contributed by atoms with Crippen molar-refractivity contribution >= 4 is 5.91 Å². The minimum Gasteiger partial charge on any atom is -0.331 e. The average molecular weight is 230 g/mol. The van der Waals surface area contributed by atoms with Crippen LogP contribution in [-0.4, -0.2) is 21.8 Å². The number of carbonyl (C=O) groups excluding carboxylic acids is 1. The molecule has 3 nitrogen and oxygen atoms in total. The van der Waals surface area contributed by atoms with Gasteiger partial charge in [-0.1, -0.05) is 25.7 Å². The molecule has 1 amide bonds. The van der Waals surface area contributed by atoms with Gasteiger partial charge in [-0.25, -0.2) is 0 Å². The number of pyridine rings is 1. The van der Waals surface area contributed by atoms with Gasteiger partial charge in [-0.05, 0) is 24.5 Å². The molecule has 3 heteroatoms. The van der Waals surface area contributed by atoms with Crippen LogP contribution in [0.5, 0.6) is 0 Å². The summed E-state index contributed by atoms with van der Waals surface area (Å²) in [6.45, 7) is 0.793. The third kappa shape index (κ3) is 1.94. The van der Waals surface area contributed by atoms with E-state index in [1.807, 2.05) is 6.07 Å². The van der Waals surface area contributed by atoms with Gasteiger partial charge in [0.05, 0.1) is 5.56 Å². The number of hydrogen-bond acceptors (Lipinski definition) is 2. The zero-order chi connectivity index (χ0) is 11.7. The second kappa shape index (κ2) is 4.47. The van der Waals surface area contributed by atoms with E-state index in [4.69, 9.17) is 0 Å². The van der Waals surface area contributed by atoms with Crippen LogP contribution in [0.4, 0.5) is 0 Å². The first-order valence-electron chi connectivity index (χ1n) is 6.60. The minimum absolute atomic E-state index is 0.194. The smallest absolute Gasteiger partial charge is 0.256 e. The lowest BCUT2D eigenvalue weighted by atomic mass is 10.1. The van der Waals surface area contributed by atoms with Crippen molar-refractivity contribution in [2.75, 3.05) is 0 Å². The quantitative estimate of drug-likeness (QED) is 0.695. The van der Waals surface area contributed by atoms with Gasteiger partial charge in [-0.2, -0.15) is 0 Å². The van der Waals surface area contributed by atoms with Crippen LogP contribution in [0.25, 0.3) is 0 Å². The lowest BCUT2D eigenvalue weighted by molar-refractivity contribution is 0.0685. The molecule has 0 unspecified atom stereocenters. The van der Waals surface area contributed by atoms with Gasteiger partial charge in [0.25, 0.3) is 5.91 Å². The molecule has 90 valence electrons. The highest BCUT2D eigenvalue weighted by molar-refractivity contribution is 5.98. The first-order valence-corrected chi connectivity index (χ1v) is 6.60. The van der Waals surface area contributed by atoms with Crippen LogP contribution in [0.3, 0.4) is 0 Å². The van der Waals surface area contributed by atoms with Crippen molar-refractivity contribution in [1.29, 1.82) is 0 Å². The van der Waals surface area contributed by atoms with Gasteiger partial charge in [0.2, 0.25) is 0 Å². The molecule has 0 saturated heterocycles. The average Bonchev–Trinajstić information content (AvgIpc) is 2.57. The molecule has 2 heterocycles. The van der Waals surface area contributed by atoms with E-state index in [1.54, 1.807) is 12.4 Å². The van der Waals surface area contributed by atoms with Crippen LogP contribution >= 0.6 is 0 Å².